The van der Waals surface area contributed by atoms with Crippen LogP contribution in [0, 0.1) is 5.92 Å². The van der Waals surface area contributed by atoms with Gasteiger partial charge in [0, 0.05) is 0 Å². The quantitative estimate of drug-likeness (QED) is 0.451. The van der Waals surface area contributed by atoms with Crippen LogP contribution >= 0.6 is 0 Å². The molecule has 0 saturated carbocycles. The Morgan fingerprint density at radius 2 is 2.09 bits per heavy atom. The first kappa shape index (κ1) is 10.2. The fourth-order valence-electron chi connectivity index (χ4n) is 0.490. The zero-order valence-corrected chi connectivity index (χ0v) is 7.30. The molecule has 0 heterocycles. The molecule has 0 aromatic rings. The summed E-state index contributed by atoms with van der Waals surface area (Å²) in [5.41, 5.74) is 0. The Balaban J connectivity index is 3.82. The summed E-state index contributed by atoms with van der Waals surface area (Å²) >= 11 is 0. The summed E-state index contributed by atoms with van der Waals surface area (Å²) < 4.78 is 17.6. The summed E-state index contributed by atoms with van der Waals surface area (Å²) in [5.74, 6) is 0.490. The third kappa shape index (κ3) is 4.59. The fourth-order valence-corrected chi connectivity index (χ4v) is 0.490. The molecule has 0 saturated heterocycles. The number of halogens is 1. The highest BCUT2D eigenvalue weighted by Crippen LogP contribution is 2.08. The van der Waals surface area contributed by atoms with Gasteiger partial charge in [-0.3, -0.25) is 0 Å². The average Bonchev–Trinajstić information content (AvgIpc) is 1.99. The Morgan fingerprint density at radius 1 is 1.55 bits per heavy atom. The minimum atomic E-state index is -0.915. The van der Waals surface area contributed by atoms with Crippen LogP contribution in [0.25, 0.3) is 0 Å². The number of allylic oxidation sites excluding steroid dienone is 2. The molecule has 0 aromatic heterocycles. The van der Waals surface area contributed by atoms with Crippen molar-refractivity contribution in [1.29, 1.82) is 0 Å². The first-order valence-corrected chi connectivity index (χ1v) is 3.63. The lowest BCUT2D eigenvalue weighted by Crippen LogP contribution is -2.04. The molecule has 0 bridgehead atoms. The molecular formula is C9H15FO. The molecule has 64 valence electrons. The van der Waals surface area contributed by atoms with Gasteiger partial charge in [0.2, 0.25) is 0 Å². The molecule has 0 amide bonds. The molecule has 0 fully saturated rings. The molecule has 0 aliphatic carbocycles. The Kier molecular flexibility index (Phi) is 4.59. The molecule has 0 radical (unpaired) electrons. The first-order chi connectivity index (χ1) is 5.07. The van der Waals surface area contributed by atoms with Crippen LogP contribution < -0.4 is 0 Å². The van der Waals surface area contributed by atoms with Crippen molar-refractivity contribution < 1.29 is 9.13 Å². The number of ether oxygens (including phenoxy) is 1. The molecule has 11 heavy (non-hydrogen) atoms. The van der Waals surface area contributed by atoms with Gasteiger partial charge in [-0.25, -0.2) is 4.39 Å². The largest absolute Gasteiger partial charge is 0.497 e. The van der Waals surface area contributed by atoms with Gasteiger partial charge in [0.15, 0.2) is 0 Å². The number of hydrogen-bond acceptors (Lipinski definition) is 1. The summed E-state index contributed by atoms with van der Waals surface area (Å²) in [5, 5.41) is 0. The van der Waals surface area contributed by atoms with Crippen molar-refractivity contribution in [3.8, 4) is 0 Å². The minimum absolute atomic E-state index is 0.0101. The standard InChI is InChI=1S/C9H15FO/c1-7(2)9(10)6-5-8(3)11-4/h5-7,9H,3H2,1-2,4H3/b6-5-. The van der Waals surface area contributed by atoms with Crippen LogP contribution in [0.15, 0.2) is 24.5 Å². The van der Waals surface area contributed by atoms with Crippen molar-refractivity contribution in [1.82, 2.24) is 0 Å². The van der Waals surface area contributed by atoms with Gasteiger partial charge in [-0.05, 0) is 18.1 Å². The molecular weight excluding hydrogens is 143 g/mol. The lowest BCUT2D eigenvalue weighted by molar-refractivity contribution is 0.299. The summed E-state index contributed by atoms with van der Waals surface area (Å²) in [7, 11) is 1.51. The molecule has 2 heteroatoms. The van der Waals surface area contributed by atoms with Gasteiger partial charge >= 0.3 is 0 Å². The zero-order chi connectivity index (χ0) is 8.85. The molecule has 1 unspecified atom stereocenters. The van der Waals surface area contributed by atoms with E-state index in [1.165, 1.54) is 13.2 Å². The lowest BCUT2D eigenvalue weighted by Gasteiger charge is -2.05. The van der Waals surface area contributed by atoms with E-state index in [0.29, 0.717) is 5.76 Å². The molecule has 0 N–H and O–H groups in total. The zero-order valence-electron chi connectivity index (χ0n) is 7.30. The average molecular weight is 158 g/mol. The van der Waals surface area contributed by atoms with Crippen LogP contribution in [0.4, 0.5) is 4.39 Å². The van der Waals surface area contributed by atoms with Crippen LogP contribution in [-0.2, 0) is 4.74 Å². The third-order valence-corrected chi connectivity index (χ3v) is 1.37. The summed E-state index contributed by atoms with van der Waals surface area (Å²) in [4.78, 5) is 0. The maximum absolute atomic E-state index is 12.8. The van der Waals surface area contributed by atoms with Crippen LogP contribution in [0.3, 0.4) is 0 Å². The van der Waals surface area contributed by atoms with E-state index < -0.39 is 6.17 Å². The molecule has 0 aromatic carbocycles. The number of rotatable bonds is 4. The van der Waals surface area contributed by atoms with E-state index in [9.17, 15) is 4.39 Å². The van der Waals surface area contributed by atoms with E-state index in [2.05, 4.69) is 6.58 Å². The second-order valence-corrected chi connectivity index (χ2v) is 2.72. The fraction of sp³-hybridized carbons (Fsp3) is 0.556. The van der Waals surface area contributed by atoms with Crippen molar-refractivity contribution in [2.45, 2.75) is 20.0 Å². The second kappa shape index (κ2) is 4.94. The summed E-state index contributed by atoms with van der Waals surface area (Å²) in [6.07, 6.45) is 2.09. The van der Waals surface area contributed by atoms with Crippen molar-refractivity contribution in [2.24, 2.45) is 5.92 Å². The summed E-state index contributed by atoms with van der Waals surface area (Å²) in [6, 6.07) is 0. The predicted molar refractivity (Wildman–Crippen MR) is 45.0 cm³/mol. The third-order valence-electron chi connectivity index (χ3n) is 1.37. The molecule has 1 nitrogen and oxygen atoms in total. The molecule has 1 atom stereocenters. The molecule has 0 aliphatic rings. The van der Waals surface area contributed by atoms with Crippen molar-refractivity contribution in [2.75, 3.05) is 7.11 Å². The molecule has 0 rings (SSSR count). The predicted octanol–water partition coefficient (Wildman–Crippen LogP) is 2.70. The minimum Gasteiger partial charge on any atom is -0.497 e. The van der Waals surface area contributed by atoms with Crippen molar-refractivity contribution >= 4 is 0 Å². The smallest absolute Gasteiger partial charge is 0.121 e. The highest BCUT2D eigenvalue weighted by atomic mass is 19.1. The van der Waals surface area contributed by atoms with Crippen molar-refractivity contribution in [3.05, 3.63) is 24.5 Å². The number of methoxy groups -OCH3 is 1. The van der Waals surface area contributed by atoms with Crippen LogP contribution in [0.5, 0.6) is 0 Å². The van der Waals surface area contributed by atoms with Gasteiger partial charge in [0.25, 0.3) is 0 Å². The second-order valence-electron chi connectivity index (χ2n) is 2.72. The molecule has 0 spiro atoms. The van der Waals surface area contributed by atoms with Crippen molar-refractivity contribution in [3.63, 3.8) is 0 Å². The van der Waals surface area contributed by atoms with Crippen LogP contribution in [-0.4, -0.2) is 13.3 Å². The van der Waals surface area contributed by atoms with E-state index in [0.717, 1.165) is 0 Å². The first-order valence-electron chi connectivity index (χ1n) is 3.63. The normalized spacial score (nSPS) is 13.9. The monoisotopic (exact) mass is 158 g/mol. The van der Waals surface area contributed by atoms with Gasteiger partial charge in [-0.1, -0.05) is 20.4 Å². The van der Waals surface area contributed by atoms with Gasteiger partial charge in [0.05, 0.1) is 7.11 Å². The van der Waals surface area contributed by atoms with E-state index in [-0.39, 0.29) is 5.92 Å². The highest BCUT2D eigenvalue weighted by Gasteiger charge is 2.05. The Hall–Kier alpha value is -0.790. The topological polar surface area (TPSA) is 9.23 Å². The lowest BCUT2D eigenvalue weighted by atomic mass is 10.1. The maximum Gasteiger partial charge on any atom is 0.121 e. The van der Waals surface area contributed by atoms with Gasteiger partial charge in [0.1, 0.15) is 11.9 Å². The highest BCUT2D eigenvalue weighted by molar-refractivity contribution is 5.09. The Morgan fingerprint density at radius 3 is 2.45 bits per heavy atom. The van der Waals surface area contributed by atoms with Gasteiger partial charge in [-0.2, -0.15) is 0 Å². The molecule has 0 aliphatic heterocycles. The maximum atomic E-state index is 12.8. The van der Waals surface area contributed by atoms with Gasteiger partial charge < -0.3 is 4.74 Å². The van der Waals surface area contributed by atoms with E-state index >= 15 is 0 Å². The Bertz CT molecular complexity index is 150. The van der Waals surface area contributed by atoms with E-state index in [1.54, 1.807) is 6.08 Å². The number of alkyl halides is 1. The number of hydrogen-bond donors (Lipinski definition) is 0. The summed E-state index contributed by atoms with van der Waals surface area (Å²) in [6.45, 7) is 7.18. The van der Waals surface area contributed by atoms with E-state index in [1.807, 2.05) is 13.8 Å². The van der Waals surface area contributed by atoms with Crippen LogP contribution in [0.2, 0.25) is 0 Å². The van der Waals surface area contributed by atoms with Crippen LogP contribution in [0.1, 0.15) is 13.8 Å². The van der Waals surface area contributed by atoms with E-state index in [4.69, 9.17) is 4.74 Å². The SMILES string of the molecule is C=C(/C=C\C(F)C(C)C)OC. The Labute approximate surface area is 67.6 Å². The van der Waals surface area contributed by atoms with Gasteiger partial charge in [-0.15, -0.1) is 0 Å².